The highest BCUT2D eigenvalue weighted by Crippen LogP contribution is 2.09. The molecule has 7 heteroatoms. The normalized spacial score (nSPS) is 10.6. The number of nitrogens with zero attached hydrogens (tertiary/aromatic N) is 4. The minimum atomic E-state index is -1.07. The van der Waals surface area contributed by atoms with Gasteiger partial charge in [0.25, 0.3) is 0 Å². The fourth-order valence-electron chi connectivity index (χ4n) is 1.77. The number of aromatic nitrogens is 4. The van der Waals surface area contributed by atoms with E-state index in [0.29, 0.717) is 18.0 Å². The maximum Gasteiger partial charge on any atom is 0.356 e. The van der Waals surface area contributed by atoms with Crippen molar-refractivity contribution in [1.29, 1.82) is 0 Å². The van der Waals surface area contributed by atoms with Crippen LogP contribution < -0.4 is 5.32 Å². The molecule has 0 aromatic carbocycles. The molecule has 0 atom stereocenters. The van der Waals surface area contributed by atoms with Gasteiger partial charge in [0.1, 0.15) is 5.82 Å². The van der Waals surface area contributed by atoms with Crippen molar-refractivity contribution in [1.82, 2.24) is 19.6 Å². The van der Waals surface area contributed by atoms with Crippen molar-refractivity contribution >= 4 is 17.4 Å². The smallest absolute Gasteiger partial charge is 0.356 e. The number of hydrogen-bond donors (Lipinski definition) is 2. The lowest BCUT2D eigenvalue weighted by Gasteiger charge is -2.05. The Bertz CT molecular complexity index is 754. The number of fused-ring (bicyclic) bond motifs is 1. The zero-order valence-electron chi connectivity index (χ0n) is 10.4. The van der Waals surface area contributed by atoms with E-state index in [1.54, 1.807) is 24.5 Å². The second-order valence-electron chi connectivity index (χ2n) is 4.16. The van der Waals surface area contributed by atoms with Crippen LogP contribution in [0.15, 0.2) is 42.9 Å². The molecule has 0 amide bonds. The minimum absolute atomic E-state index is 0.0243. The summed E-state index contributed by atoms with van der Waals surface area (Å²) in [5.41, 5.74) is 1.55. The van der Waals surface area contributed by atoms with Gasteiger partial charge in [0.05, 0.1) is 6.20 Å². The van der Waals surface area contributed by atoms with Crippen LogP contribution in [0.5, 0.6) is 0 Å². The van der Waals surface area contributed by atoms with Gasteiger partial charge in [-0.25, -0.2) is 14.3 Å². The van der Waals surface area contributed by atoms with Crippen LogP contribution in [-0.2, 0) is 6.54 Å². The first-order chi connectivity index (χ1) is 9.72. The third kappa shape index (κ3) is 2.41. The van der Waals surface area contributed by atoms with Crippen LogP contribution in [0, 0.1) is 0 Å². The number of carboxylic acid groups (broad SMARTS) is 1. The summed E-state index contributed by atoms with van der Waals surface area (Å²) in [6, 6.07) is 7.29. The number of nitrogens with one attached hydrogen (secondary N) is 1. The summed E-state index contributed by atoms with van der Waals surface area (Å²) in [7, 11) is 0. The van der Waals surface area contributed by atoms with Gasteiger partial charge in [-0.15, -0.1) is 5.10 Å². The summed E-state index contributed by atoms with van der Waals surface area (Å²) in [4.78, 5) is 18.7. The maximum absolute atomic E-state index is 10.8. The van der Waals surface area contributed by atoms with E-state index in [2.05, 4.69) is 20.4 Å². The molecule has 0 aliphatic carbocycles. The second-order valence-corrected chi connectivity index (χ2v) is 4.16. The van der Waals surface area contributed by atoms with Crippen LogP contribution in [0.3, 0.4) is 0 Å². The topological polar surface area (TPSA) is 92.4 Å². The molecule has 20 heavy (non-hydrogen) atoms. The monoisotopic (exact) mass is 269 g/mol. The van der Waals surface area contributed by atoms with Crippen LogP contribution in [0.4, 0.5) is 5.82 Å². The number of rotatable bonds is 4. The SMILES string of the molecule is O=C(O)c1cn2nc(NCc3ccncc3)ccc2n1. The molecule has 7 nitrogen and oxygen atoms in total. The lowest BCUT2D eigenvalue weighted by atomic mass is 10.3. The van der Waals surface area contributed by atoms with Crippen LogP contribution in [0.2, 0.25) is 0 Å². The van der Waals surface area contributed by atoms with Crippen LogP contribution >= 0.6 is 0 Å². The Morgan fingerprint density at radius 2 is 2.05 bits per heavy atom. The summed E-state index contributed by atoms with van der Waals surface area (Å²) in [6.07, 6.45) is 4.83. The first-order valence-corrected chi connectivity index (χ1v) is 5.95. The van der Waals surface area contributed by atoms with Crippen LogP contribution in [0.25, 0.3) is 5.65 Å². The Morgan fingerprint density at radius 1 is 1.25 bits per heavy atom. The summed E-state index contributed by atoms with van der Waals surface area (Å²) in [5.74, 6) is -0.426. The van der Waals surface area contributed by atoms with Gasteiger partial charge in [-0.1, -0.05) is 0 Å². The molecular weight excluding hydrogens is 258 g/mol. The van der Waals surface area contributed by atoms with Crippen LogP contribution in [-0.4, -0.2) is 30.7 Å². The predicted molar refractivity (Wildman–Crippen MR) is 71.5 cm³/mol. The lowest BCUT2D eigenvalue weighted by molar-refractivity contribution is 0.0691. The van der Waals surface area contributed by atoms with Gasteiger partial charge in [0.15, 0.2) is 11.3 Å². The van der Waals surface area contributed by atoms with E-state index < -0.39 is 5.97 Å². The Morgan fingerprint density at radius 3 is 2.80 bits per heavy atom. The van der Waals surface area contributed by atoms with Crippen molar-refractivity contribution in [2.45, 2.75) is 6.54 Å². The molecule has 0 unspecified atom stereocenters. The number of imidazole rings is 1. The van der Waals surface area contributed by atoms with E-state index in [9.17, 15) is 4.79 Å². The quantitative estimate of drug-likeness (QED) is 0.744. The van der Waals surface area contributed by atoms with Gasteiger partial charge < -0.3 is 10.4 Å². The molecule has 2 N–H and O–H groups in total. The summed E-state index contributed by atoms with van der Waals surface area (Å²) < 4.78 is 1.44. The molecule has 3 aromatic rings. The summed E-state index contributed by atoms with van der Waals surface area (Å²) >= 11 is 0. The van der Waals surface area contributed by atoms with Crippen molar-refractivity contribution in [3.63, 3.8) is 0 Å². The predicted octanol–water partition coefficient (Wildman–Crippen LogP) is 1.43. The maximum atomic E-state index is 10.8. The number of anilines is 1. The summed E-state index contributed by atoms with van der Waals surface area (Å²) in [6.45, 7) is 0.613. The van der Waals surface area contributed by atoms with E-state index >= 15 is 0 Å². The third-order valence-electron chi connectivity index (χ3n) is 2.76. The molecule has 0 fully saturated rings. The number of hydrogen-bond acceptors (Lipinski definition) is 5. The standard InChI is InChI=1S/C13H11N5O2/c19-13(20)10-8-18-12(16-10)2-1-11(17-18)15-7-9-3-5-14-6-4-9/h1-6,8H,7H2,(H,15,17)(H,19,20). The molecular formula is C13H11N5O2. The van der Waals surface area contributed by atoms with Crippen molar-refractivity contribution < 1.29 is 9.90 Å². The molecule has 3 rings (SSSR count). The van der Waals surface area contributed by atoms with E-state index in [4.69, 9.17) is 5.11 Å². The molecule has 3 aromatic heterocycles. The van der Waals surface area contributed by atoms with Gasteiger partial charge >= 0.3 is 5.97 Å². The first kappa shape index (κ1) is 12.1. The van der Waals surface area contributed by atoms with Crippen molar-refractivity contribution in [3.05, 3.63) is 54.1 Å². The van der Waals surface area contributed by atoms with E-state index in [0.717, 1.165) is 5.56 Å². The molecule has 3 heterocycles. The molecule has 0 spiro atoms. The Balaban J connectivity index is 1.80. The minimum Gasteiger partial charge on any atom is -0.476 e. The highest BCUT2D eigenvalue weighted by Gasteiger charge is 2.09. The Hall–Kier alpha value is -2.96. The lowest BCUT2D eigenvalue weighted by Crippen LogP contribution is -2.03. The van der Waals surface area contributed by atoms with Gasteiger partial charge in [-0.3, -0.25) is 4.98 Å². The number of pyridine rings is 1. The Labute approximate surface area is 113 Å². The molecule has 0 bridgehead atoms. The zero-order chi connectivity index (χ0) is 13.9. The summed E-state index contributed by atoms with van der Waals surface area (Å²) in [5, 5.41) is 16.3. The van der Waals surface area contributed by atoms with Gasteiger partial charge in [-0.05, 0) is 29.8 Å². The number of aromatic carboxylic acids is 1. The molecule has 0 saturated heterocycles. The van der Waals surface area contributed by atoms with E-state index in [1.165, 1.54) is 10.7 Å². The molecule has 100 valence electrons. The number of carboxylic acids is 1. The van der Waals surface area contributed by atoms with Gasteiger partial charge in [-0.2, -0.15) is 0 Å². The fraction of sp³-hybridized carbons (Fsp3) is 0.0769. The molecule has 0 saturated carbocycles. The second kappa shape index (κ2) is 4.96. The highest BCUT2D eigenvalue weighted by molar-refractivity contribution is 5.86. The van der Waals surface area contributed by atoms with Crippen molar-refractivity contribution in [2.75, 3.05) is 5.32 Å². The van der Waals surface area contributed by atoms with E-state index in [1.807, 2.05) is 12.1 Å². The third-order valence-corrected chi connectivity index (χ3v) is 2.76. The highest BCUT2D eigenvalue weighted by atomic mass is 16.4. The zero-order valence-corrected chi connectivity index (χ0v) is 10.4. The average Bonchev–Trinajstić information content (AvgIpc) is 2.89. The molecule has 0 aliphatic heterocycles. The van der Waals surface area contributed by atoms with E-state index in [-0.39, 0.29) is 5.69 Å². The molecule has 0 radical (unpaired) electrons. The fourth-order valence-corrected chi connectivity index (χ4v) is 1.77. The Kier molecular flexibility index (Phi) is 3.00. The largest absolute Gasteiger partial charge is 0.476 e. The average molecular weight is 269 g/mol. The van der Waals surface area contributed by atoms with Gasteiger partial charge in [0, 0.05) is 18.9 Å². The first-order valence-electron chi connectivity index (χ1n) is 5.95. The van der Waals surface area contributed by atoms with Gasteiger partial charge in [0.2, 0.25) is 0 Å². The van der Waals surface area contributed by atoms with Crippen molar-refractivity contribution in [2.24, 2.45) is 0 Å². The van der Waals surface area contributed by atoms with Crippen LogP contribution in [0.1, 0.15) is 16.1 Å². The van der Waals surface area contributed by atoms with Crippen molar-refractivity contribution in [3.8, 4) is 0 Å². The number of carbonyl (C=O) groups is 1. The molecule has 0 aliphatic rings.